The molecule has 7 nitrogen and oxygen atoms in total. The van der Waals surface area contributed by atoms with Gasteiger partial charge in [0.05, 0.1) is 5.75 Å². The van der Waals surface area contributed by atoms with Crippen molar-refractivity contribution in [3.63, 3.8) is 0 Å². The fourth-order valence-electron chi connectivity index (χ4n) is 3.83. The summed E-state index contributed by atoms with van der Waals surface area (Å²) in [5.74, 6) is 1.39. The number of rotatable bonds is 8. The van der Waals surface area contributed by atoms with E-state index in [1.54, 1.807) is 7.05 Å². The molecule has 1 saturated heterocycles. The minimum atomic E-state index is -3.23. The van der Waals surface area contributed by atoms with Crippen molar-refractivity contribution < 1.29 is 8.42 Å². The summed E-state index contributed by atoms with van der Waals surface area (Å²) in [6, 6.07) is 8.66. The maximum atomic E-state index is 12.2. The van der Waals surface area contributed by atoms with Crippen LogP contribution in [0.15, 0.2) is 29.3 Å². The molecule has 0 amide bonds. The van der Waals surface area contributed by atoms with Gasteiger partial charge in [-0.15, -0.1) is 0 Å². The highest BCUT2D eigenvalue weighted by Gasteiger charge is 2.22. The van der Waals surface area contributed by atoms with Gasteiger partial charge in [0.15, 0.2) is 5.96 Å². The SMILES string of the molecule is CN=C(NCCS(=O)(=O)NCC1CCC1)N1CCN(Cc2cccc(C)c2)CC1. The molecule has 1 aromatic carbocycles. The Morgan fingerprint density at radius 2 is 1.97 bits per heavy atom. The lowest BCUT2D eigenvalue weighted by Crippen LogP contribution is -2.52. The first-order chi connectivity index (χ1) is 13.9. The highest BCUT2D eigenvalue weighted by atomic mass is 32.2. The zero-order chi connectivity index (χ0) is 20.7. The highest BCUT2D eigenvalue weighted by molar-refractivity contribution is 7.89. The number of hydrogen-bond donors (Lipinski definition) is 2. The molecule has 162 valence electrons. The molecule has 2 aliphatic rings. The lowest BCUT2D eigenvalue weighted by Gasteiger charge is -2.36. The molecule has 29 heavy (non-hydrogen) atoms. The lowest BCUT2D eigenvalue weighted by atomic mass is 9.86. The average molecular weight is 422 g/mol. The van der Waals surface area contributed by atoms with E-state index in [0.717, 1.165) is 51.5 Å². The molecule has 1 heterocycles. The third-order valence-corrected chi connectivity index (χ3v) is 7.19. The van der Waals surface area contributed by atoms with Gasteiger partial charge >= 0.3 is 0 Å². The molecule has 2 N–H and O–H groups in total. The third-order valence-electron chi connectivity index (χ3n) is 5.84. The third kappa shape index (κ3) is 6.97. The standard InChI is InChI=1S/C21H35N5O2S/c1-18-5-3-8-20(15-18)17-25-10-12-26(13-11-25)21(22-2)23-9-14-29(27,28)24-16-19-6-4-7-19/h3,5,8,15,19,24H,4,6-7,9-14,16-17H2,1-2H3,(H,22,23). The molecule has 3 rings (SSSR count). The summed E-state index contributed by atoms with van der Waals surface area (Å²) in [5, 5.41) is 3.22. The molecule has 1 saturated carbocycles. The summed E-state index contributed by atoms with van der Waals surface area (Å²) in [7, 11) is -1.47. The van der Waals surface area contributed by atoms with Crippen LogP contribution in [-0.4, -0.2) is 76.2 Å². The molecule has 2 fully saturated rings. The van der Waals surface area contributed by atoms with Crippen LogP contribution < -0.4 is 10.0 Å². The van der Waals surface area contributed by atoms with Crippen LogP contribution in [-0.2, 0) is 16.6 Å². The Morgan fingerprint density at radius 3 is 2.59 bits per heavy atom. The topological polar surface area (TPSA) is 77.0 Å². The van der Waals surface area contributed by atoms with E-state index < -0.39 is 10.0 Å². The molecule has 0 spiro atoms. The van der Waals surface area contributed by atoms with Crippen LogP contribution in [0.5, 0.6) is 0 Å². The lowest BCUT2D eigenvalue weighted by molar-refractivity contribution is 0.172. The number of piperazine rings is 1. The Balaban J connectivity index is 1.38. The van der Waals surface area contributed by atoms with Crippen molar-refractivity contribution in [1.82, 2.24) is 19.8 Å². The van der Waals surface area contributed by atoms with Crippen LogP contribution in [0.1, 0.15) is 30.4 Å². The zero-order valence-electron chi connectivity index (χ0n) is 17.7. The van der Waals surface area contributed by atoms with Gasteiger partial charge in [0.1, 0.15) is 0 Å². The number of hydrogen-bond acceptors (Lipinski definition) is 4. The number of guanidine groups is 1. The van der Waals surface area contributed by atoms with Crippen molar-refractivity contribution >= 4 is 16.0 Å². The van der Waals surface area contributed by atoms with E-state index in [0.29, 0.717) is 19.0 Å². The van der Waals surface area contributed by atoms with Gasteiger partial charge in [0.2, 0.25) is 10.0 Å². The van der Waals surface area contributed by atoms with Gasteiger partial charge in [0.25, 0.3) is 0 Å². The normalized spacial score (nSPS) is 19.2. The number of sulfonamides is 1. The molecule has 0 aromatic heterocycles. The Kier molecular flexibility index (Phi) is 7.91. The van der Waals surface area contributed by atoms with Crippen LogP contribution in [0.4, 0.5) is 0 Å². The first-order valence-electron chi connectivity index (χ1n) is 10.7. The Hall–Kier alpha value is -1.64. The quantitative estimate of drug-likeness (QED) is 0.490. The number of aliphatic imine (C=N–C) groups is 1. The number of aryl methyl sites for hydroxylation is 1. The van der Waals surface area contributed by atoms with Gasteiger partial charge in [0, 0.05) is 52.9 Å². The van der Waals surface area contributed by atoms with Crippen LogP contribution >= 0.6 is 0 Å². The van der Waals surface area contributed by atoms with Crippen molar-refractivity contribution in [1.29, 1.82) is 0 Å². The number of nitrogens with zero attached hydrogens (tertiary/aromatic N) is 3. The molecular weight excluding hydrogens is 386 g/mol. The van der Waals surface area contributed by atoms with Crippen LogP contribution in [0, 0.1) is 12.8 Å². The number of nitrogens with one attached hydrogen (secondary N) is 2. The minimum Gasteiger partial charge on any atom is -0.355 e. The molecule has 1 aromatic rings. The Labute approximate surface area is 175 Å². The second kappa shape index (κ2) is 10.4. The molecule has 8 heteroatoms. The summed E-state index contributed by atoms with van der Waals surface area (Å²) in [4.78, 5) is 9.01. The van der Waals surface area contributed by atoms with Crippen molar-refractivity contribution in [2.75, 3.05) is 52.1 Å². The van der Waals surface area contributed by atoms with E-state index in [9.17, 15) is 8.42 Å². The average Bonchev–Trinajstić information content (AvgIpc) is 2.65. The maximum Gasteiger partial charge on any atom is 0.213 e. The molecule has 1 aliphatic carbocycles. The predicted molar refractivity (Wildman–Crippen MR) is 119 cm³/mol. The van der Waals surface area contributed by atoms with Crippen molar-refractivity contribution in [3.05, 3.63) is 35.4 Å². The van der Waals surface area contributed by atoms with E-state index in [2.05, 4.69) is 56.0 Å². The minimum absolute atomic E-state index is 0.0755. The van der Waals surface area contributed by atoms with E-state index in [1.165, 1.54) is 17.5 Å². The van der Waals surface area contributed by atoms with Gasteiger partial charge in [-0.2, -0.15) is 0 Å². The summed E-state index contributed by atoms with van der Waals surface area (Å²) >= 11 is 0. The van der Waals surface area contributed by atoms with Gasteiger partial charge in [-0.05, 0) is 31.2 Å². The largest absolute Gasteiger partial charge is 0.355 e. The Morgan fingerprint density at radius 1 is 1.21 bits per heavy atom. The second-order valence-corrected chi connectivity index (χ2v) is 10.1. The summed E-state index contributed by atoms with van der Waals surface area (Å²) < 4.78 is 27.0. The monoisotopic (exact) mass is 421 g/mol. The van der Waals surface area contributed by atoms with Gasteiger partial charge in [-0.3, -0.25) is 9.89 Å². The first kappa shape index (κ1) is 22.1. The predicted octanol–water partition coefficient (Wildman–Crippen LogP) is 1.41. The smallest absolute Gasteiger partial charge is 0.213 e. The van der Waals surface area contributed by atoms with Crippen LogP contribution in [0.3, 0.4) is 0 Å². The number of benzene rings is 1. The van der Waals surface area contributed by atoms with Crippen LogP contribution in [0.25, 0.3) is 0 Å². The van der Waals surface area contributed by atoms with Gasteiger partial charge < -0.3 is 10.2 Å². The highest BCUT2D eigenvalue weighted by Crippen LogP contribution is 2.25. The molecule has 0 bridgehead atoms. The summed E-state index contributed by atoms with van der Waals surface area (Å²) in [6.45, 7) is 7.75. The first-order valence-corrected chi connectivity index (χ1v) is 12.3. The maximum absolute atomic E-state index is 12.2. The summed E-state index contributed by atoms with van der Waals surface area (Å²) in [5.41, 5.74) is 2.64. The van der Waals surface area contributed by atoms with Crippen molar-refractivity contribution in [2.45, 2.75) is 32.7 Å². The summed E-state index contributed by atoms with van der Waals surface area (Å²) in [6.07, 6.45) is 3.51. The van der Waals surface area contributed by atoms with Crippen molar-refractivity contribution in [2.24, 2.45) is 10.9 Å². The van der Waals surface area contributed by atoms with E-state index in [-0.39, 0.29) is 5.75 Å². The van der Waals surface area contributed by atoms with Crippen molar-refractivity contribution in [3.8, 4) is 0 Å². The van der Waals surface area contributed by atoms with E-state index in [4.69, 9.17) is 0 Å². The zero-order valence-corrected chi connectivity index (χ0v) is 18.5. The van der Waals surface area contributed by atoms with Crippen LogP contribution in [0.2, 0.25) is 0 Å². The van der Waals surface area contributed by atoms with E-state index >= 15 is 0 Å². The molecule has 0 unspecified atom stereocenters. The second-order valence-electron chi connectivity index (χ2n) is 8.19. The molecule has 1 aliphatic heterocycles. The fourth-order valence-corrected chi connectivity index (χ4v) is 4.83. The van der Waals surface area contributed by atoms with E-state index in [1.807, 2.05) is 0 Å². The Bertz CT molecular complexity index is 784. The molecule has 0 radical (unpaired) electrons. The fraction of sp³-hybridized carbons (Fsp3) is 0.667. The molecular formula is C21H35N5O2S. The van der Waals surface area contributed by atoms with Gasteiger partial charge in [-0.1, -0.05) is 36.2 Å². The molecule has 0 atom stereocenters. The van der Waals surface area contributed by atoms with Gasteiger partial charge in [-0.25, -0.2) is 13.1 Å².